The maximum absolute atomic E-state index is 12.0. The minimum Gasteiger partial charge on any atom is -0.326 e. The normalized spacial score (nSPS) is 10.7. The molecule has 0 saturated carbocycles. The molecule has 130 valence electrons. The number of nitrogens with one attached hydrogen (secondary N) is 2. The topological polar surface area (TPSA) is 70.6 Å². The highest BCUT2D eigenvalue weighted by Crippen LogP contribution is 2.18. The molecule has 0 aliphatic rings. The Morgan fingerprint density at radius 3 is 2.44 bits per heavy atom. The van der Waals surface area contributed by atoms with E-state index < -0.39 is 0 Å². The lowest BCUT2D eigenvalue weighted by molar-refractivity contribution is -0.124. The Bertz CT molecular complexity index is 786. The molecule has 0 aliphatic heterocycles. The van der Waals surface area contributed by atoms with Gasteiger partial charge in [0, 0.05) is 23.6 Å². The van der Waals surface area contributed by atoms with Gasteiger partial charge < -0.3 is 5.32 Å². The van der Waals surface area contributed by atoms with Crippen LogP contribution in [-0.4, -0.2) is 18.0 Å². The van der Waals surface area contributed by atoms with Gasteiger partial charge in [-0.15, -0.1) is 0 Å². The molecular weight excluding hydrogens is 338 g/mol. The first-order valence-corrected chi connectivity index (χ1v) is 8.27. The first-order valence-electron chi connectivity index (χ1n) is 7.89. The molecule has 0 bridgehead atoms. The number of nitrogens with zero attached hydrogens (tertiary/aromatic N) is 1. The van der Waals surface area contributed by atoms with E-state index in [0.29, 0.717) is 5.02 Å². The number of hydrogen-bond donors (Lipinski definition) is 2. The molecule has 0 aromatic heterocycles. The van der Waals surface area contributed by atoms with Crippen molar-refractivity contribution in [2.45, 2.75) is 26.7 Å². The van der Waals surface area contributed by atoms with Crippen LogP contribution in [0, 0.1) is 13.8 Å². The lowest BCUT2D eigenvalue weighted by atomic mass is 10.1. The van der Waals surface area contributed by atoms with Gasteiger partial charge in [0.2, 0.25) is 11.8 Å². The summed E-state index contributed by atoms with van der Waals surface area (Å²) in [5, 5.41) is 7.32. The van der Waals surface area contributed by atoms with Crippen LogP contribution < -0.4 is 10.7 Å². The largest absolute Gasteiger partial charge is 0.326 e. The van der Waals surface area contributed by atoms with E-state index in [0.717, 1.165) is 22.4 Å². The minimum absolute atomic E-state index is 0.0641. The number of hydrazone groups is 1. The lowest BCUT2D eigenvalue weighted by Crippen LogP contribution is -2.21. The highest BCUT2D eigenvalue weighted by Gasteiger charge is 2.08. The van der Waals surface area contributed by atoms with E-state index in [-0.39, 0.29) is 24.7 Å². The van der Waals surface area contributed by atoms with Crippen molar-refractivity contribution >= 4 is 35.3 Å². The van der Waals surface area contributed by atoms with Gasteiger partial charge in [0.15, 0.2) is 0 Å². The van der Waals surface area contributed by atoms with Gasteiger partial charge in [-0.25, -0.2) is 5.43 Å². The quantitative estimate of drug-likeness (QED) is 0.609. The SMILES string of the molecule is Cc1cccc(NC(=O)CCC(=O)N/N=C/c2ccc(Cl)cc2)c1C. The monoisotopic (exact) mass is 357 g/mol. The average Bonchev–Trinajstić information content (AvgIpc) is 2.59. The summed E-state index contributed by atoms with van der Waals surface area (Å²) in [6.45, 7) is 3.93. The maximum Gasteiger partial charge on any atom is 0.240 e. The van der Waals surface area contributed by atoms with Gasteiger partial charge in [-0.05, 0) is 48.7 Å². The van der Waals surface area contributed by atoms with Gasteiger partial charge >= 0.3 is 0 Å². The zero-order chi connectivity index (χ0) is 18.2. The first-order chi connectivity index (χ1) is 12.0. The predicted molar refractivity (Wildman–Crippen MR) is 101 cm³/mol. The highest BCUT2D eigenvalue weighted by molar-refractivity contribution is 6.30. The molecule has 0 fully saturated rings. The van der Waals surface area contributed by atoms with Crippen LogP contribution in [0.15, 0.2) is 47.6 Å². The summed E-state index contributed by atoms with van der Waals surface area (Å²) in [6, 6.07) is 12.8. The molecule has 2 N–H and O–H groups in total. The summed E-state index contributed by atoms with van der Waals surface area (Å²) in [5.74, 6) is -0.521. The zero-order valence-corrected chi connectivity index (χ0v) is 14.9. The Kier molecular flexibility index (Phi) is 6.71. The highest BCUT2D eigenvalue weighted by atomic mass is 35.5. The molecule has 0 atom stereocenters. The Morgan fingerprint density at radius 1 is 1.04 bits per heavy atom. The van der Waals surface area contributed by atoms with E-state index in [1.807, 2.05) is 32.0 Å². The Balaban J connectivity index is 1.76. The van der Waals surface area contributed by atoms with Crippen molar-refractivity contribution in [1.29, 1.82) is 0 Å². The van der Waals surface area contributed by atoms with Crippen LogP contribution in [0.4, 0.5) is 5.69 Å². The minimum atomic E-state index is -0.318. The van der Waals surface area contributed by atoms with Crippen molar-refractivity contribution in [3.8, 4) is 0 Å². The van der Waals surface area contributed by atoms with Crippen LogP contribution in [0.5, 0.6) is 0 Å². The molecule has 2 aromatic carbocycles. The zero-order valence-electron chi connectivity index (χ0n) is 14.2. The Hall–Kier alpha value is -2.66. The van der Waals surface area contributed by atoms with Crippen molar-refractivity contribution in [2.24, 2.45) is 5.10 Å². The third-order valence-electron chi connectivity index (χ3n) is 3.73. The van der Waals surface area contributed by atoms with Gasteiger partial charge in [0.05, 0.1) is 6.21 Å². The third-order valence-corrected chi connectivity index (χ3v) is 3.98. The van der Waals surface area contributed by atoms with E-state index >= 15 is 0 Å². The number of amides is 2. The van der Waals surface area contributed by atoms with E-state index in [9.17, 15) is 9.59 Å². The number of carbonyl (C=O) groups excluding carboxylic acids is 2. The van der Waals surface area contributed by atoms with Crippen LogP contribution in [0.1, 0.15) is 29.5 Å². The second kappa shape index (κ2) is 8.99. The Morgan fingerprint density at radius 2 is 1.72 bits per heavy atom. The molecule has 25 heavy (non-hydrogen) atoms. The van der Waals surface area contributed by atoms with Gasteiger partial charge in [-0.1, -0.05) is 35.9 Å². The number of carbonyl (C=O) groups is 2. The molecule has 2 rings (SSSR count). The van der Waals surface area contributed by atoms with E-state index in [4.69, 9.17) is 11.6 Å². The molecule has 2 aromatic rings. The van der Waals surface area contributed by atoms with Crippen molar-refractivity contribution in [3.63, 3.8) is 0 Å². The fourth-order valence-electron chi connectivity index (χ4n) is 2.11. The first kappa shape index (κ1) is 18.7. The second-order valence-electron chi connectivity index (χ2n) is 5.64. The summed E-state index contributed by atoms with van der Waals surface area (Å²) < 4.78 is 0. The van der Waals surface area contributed by atoms with Gasteiger partial charge in [0.25, 0.3) is 0 Å². The van der Waals surface area contributed by atoms with Gasteiger partial charge in [-0.3, -0.25) is 9.59 Å². The van der Waals surface area contributed by atoms with Crippen molar-refractivity contribution in [3.05, 3.63) is 64.2 Å². The van der Waals surface area contributed by atoms with Gasteiger partial charge in [-0.2, -0.15) is 5.10 Å². The summed E-state index contributed by atoms with van der Waals surface area (Å²) in [6.07, 6.45) is 1.68. The van der Waals surface area contributed by atoms with E-state index in [1.165, 1.54) is 6.21 Å². The number of anilines is 1. The van der Waals surface area contributed by atoms with Crippen LogP contribution in [0.25, 0.3) is 0 Å². The number of rotatable bonds is 6. The molecule has 0 aliphatic carbocycles. The molecule has 0 heterocycles. The number of halogens is 1. The average molecular weight is 358 g/mol. The smallest absolute Gasteiger partial charge is 0.240 e. The molecule has 0 unspecified atom stereocenters. The standard InChI is InChI=1S/C19H20ClN3O2/c1-13-4-3-5-17(14(13)2)22-18(24)10-11-19(25)23-21-12-15-6-8-16(20)9-7-15/h3-9,12H,10-11H2,1-2H3,(H,22,24)(H,23,25)/b21-12+. The molecule has 5 nitrogen and oxygen atoms in total. The van der Waals surface area contributed by atoms with E-state index in [1.54, 1.807) is 24.3 Å². The fourth-order valence-corrected chi connectivity index (χ4v) is 2.24. The van der Waals surface area contributed by atoms with Crippen molar-refractivity contribution < 1.29 is 9.59 Å². The molecule has 0 spiro atoms. The maximum atomic E-state index is 12.0. The van der Waals surface area contributed by atoms with Crippen LogP contribution >= 0.6 is 11.6 Å². The summed E-state index contributed by atoms with van der Waals surface area (Å²) >= 11 is 5.79. The van der Waals surface area contributed by atoms with Crippen LogP contribution in [-0.2, 0) is 9.59 Å². The van der Waals surface area contributed by atoms with Crippen molar-refractivity contribution in [1.82, 2.24) is 5.43 Å². The van der Waals surface area contributed by atoms with E-state index in [2.05, 4.69) is 15.8 Å². The molecule has 0 radical (unpaired) electrons. The second-order valence-corrected chi connectivity index (χ2v) is 6.08. The van der Waals surface area contributed by atoms with Crippen LogP contribution in [0.3, 0.4) is 0 Å². The molecule has 0 saturated heterocycles. The van der Waals surface area contributed by atoms with Crippen LogP contribution in [0.2, 0.25) is 5.02 Å². The molecule has 6 heteroatoms. The number of benzene rings is 2. The molecule has 2 amide bonds. The predicted octanol–water partition coefficient (Wildman–Crippen LogP) is 3.83. The number of aryl methyl sites for hydroxylation is 1. The lowest BCUT2D eigenvalue weighted by Gasteiger charge is -2.10. The third kappa shape index (κ3) is 6.04. The summed E-state index contributed by atoms with van der Waals surface area (Å²) in [5.41, 5.74) is 6.11. The summed E-state index contributed by atoms with van der Waals surface area (Å²) in [7, 11) is 0. The van der Waals surface area contributed by atoms with Crippen molar-refractivity contribution in [2.75, 3.05) is 5.32 Å². The molecular formula is C19H20ClN3O2. The van der Waals surface area contributed by atoms with Gasteiger partial charge in [0.1, 0.15) is 0 Å². The summed E-state index contributed by atoms with van der Waals surface area (Å²) in [4.78, 5) is 23.7. The Labute approximate surface area is 152 Å². The fraction of sp³-hybridized carbons (Fsp3) is 0.211. The number of hydrogen-bond acceptors (Lipinski definition) is 3.